The molecule has 0 unspecified atom stereocenters. The first-order valence-electron chi connectivity index (χ1n) is 6.32. The zero-order chi connectivity index (χ0) is 14.5. The number of aromatic hydroxyl groups is 1. The van der Waals surface area contributed by atoms with E-state index < -0.39 is 0 Å². The fourth-order valence-electron chi connectivity index (χ4n) is 2.03. The number of ether oxygens (including phenoxy) is 2. The number of rotatable bonds is 5. The van der Waals surface area contributed by atoms with Crippen molar-refractivity contribution in [1.82, 2.24) is 0 Å². The zero-order valence-electron chi connectivity index (χ0n) is 11.5. The SMILES string of the molecule is COc1cc(CCc2ccc(F)cc2)cc(OC)c1O. The first-order valence-corrected chi connectivity index (χ1v) is 6.32. The Morgan fingerprint density at radius 3 is 1.90 bits per heavy atom. The predicted molar refractivity (Wildman–Crippen MR) is 75.0 cm³/mol. The van der Waals surface area contributed by atoms with Crippen LogP contribution in [0, 0.1) is 5.82 Å². The van der Waals surface area contributed by atoms with Crippen molar-refractivity contribution in [2.75, 3.05) is 14.2 Å². The molecule has 106 valence electrons. The highest BCUT2D eigenvalue weighted by atomic mass is 19.1. The quantitative estimate of drug-likeness (QED) is 0.910. The molecule has 3 nitrogen and oxygen atoms in total. The van der Waals surface area contributed by atoms with Gasteiger partial charge in [0.15, 0.2) is 11.5 Å². The molecule has 0 bridgehead atoms. The van der Waals surface area contributed by atoms with Gasteiger partial charge >= 0.3 is 0 Å². The van der Waals surface area contributed by atoms with Gasteiger partial charge in [0.1, 0.15) is 5.82 Å². The fraction of sp³-hybridized carbons (Fsp3) is 0.250. The van der Waals surface area contributed by atoms with Crippen LogP contribution in [-0.2, 0) is 12.8 Å². The molecule has 0 fully saturated rings. The van der Waals surface area contributed by atoms with E-state index in [2.05, 4.69) is 0 Å². The molecule has 0 heterocycles. The highest BCUT2D eigenvalue weighted by Crippen LogP contribution is 2.37. The minimum atomic E-state index is -0.235. The van der Waals surface area contributed by atoms with Crippen molar-refractivity contribution in [1.29, 1.82) is 0 Å². The van der Waals surface area contributed by atoms with E-state index in [9.17, 15) is 9.50 Å². The Kier molecular flexibility index (Phi) is 4.45. The number of phenolic OH excluding ortho intramolecular Hbond substituents is 1. The van der Waals surface area contributed by atoms with E-state index >= 15 is 0 Å². The minimum Gasteiger partial charge on any atom is -0.502 e. The van der Waals surface area contributed by atoms with Crippen LogP contribution in [0.3, 0.4) is 0 Å². The van der Waals surface area contributed by atoms with Gasteiger partial charge in [-0.15, -0.1) is 0 Å². The number of hydrogen-bond acceptors (Lipinski definition) is 3. The molecule has 20 heavy (non-hydrogen) atoms. The van der Waals surface area contributed by atoms with E-state index in [1.807, 2.05) is 0 Å². The van der Waals surface area contributed by atoms with Crippen molar-refractivity contribution in [2.24, 2.45) is 0 Å². The molecule has 0 aromatic heterocycles. The molecule has 2 aromatic rings. The molecule has 0 atom stereocenters. The summed E-state index contributed by atoms with van der Waals surface area (Å²) in [5, 5.41) is 9.84. The Labute approximate surface area is 117 Å². The maximum absolute atomic E-state index is 12.8. The average molecular weight is 276 g/mol. The normalized spacial score (nSPS) is 10.3. The van der Waals surface area contributed by atoms with Gasteiger partial charge in [-0.2, -0.15) is 0 Å². The molecule has 2 rings (SSSR count). The predicted octanol–water partition coefficient (Wildman–Crippen LogP) is 3.33. The fourth-order valence-corrected chi connectivity index (χ4v) is 2.03. The van der Waals surface area contributed by atoms with Crippen LogP contribution >= 0.6 is 0 Å². The molecule has 0 amide bonds. The highest BCUT2D eigenvalue weighted by Gasteiger charge is 2.11. The van der Waals surface area contributed by atoms with Crippen LogP contribution < -0.4 is 9.47 Å². The van der Waals surface area contributed by atoms with Crippen LogP contribution in [0.5, 0.6) is 17.2 Å². The molecule has 1 N–H and O–H groups in total. The van der Waals surface area contributed by atoms with E-state index in [1.165, 1.54) is 26.4 Å². The zero-order valence-corrected chi connectivity index (χ0v) is 11.5. The first kappa shape index (κ1) is 14.2. The van der Waals surface area contributed by atoms with Crippen LogP contribution in [0.2, 0.25) is 0 Å². The summed E-state index contributed by atoms with van der Waals surface area (Å²) < 4.78 is 23.1. The van der Waals surface area contributed by atoms with Gasteiger partial charge in [0, 0.05) is 0 Å². The molecular formula is C16H17FO3. The maximum Gasteiger partial charge on any atom is 0.200 e. The summed E-state index contributed by atoms with van der Waals surface area (Å²) in [6, 6.07) is 10.00. The number of methoxy groups -OCH3 is 2. The smallest absolute Gasteiger partial charge is 0.200 e. The molecule has 0 saturated heterocycles. The number of hydrogen-bond donors (Lipinski definition) is 1. The van der Waals surface area contributed by atoms with Gasteiger partial charge in [-0.25, -0.2) is 4.39 Å². The van der Waals surface area contributed by atoms with Crippen LogP contribution in [-0.4, -0.2) is 19.3 Å². The van der Waals surface area contributed by atoms with E-state index in [0.29, 0.717) is 11.5 Å². The maximum atomic E-state index is 12.8. The molecule has 0 aliphatic carbocycles. The number of benzene rings is 2. The lowest BCUT2D eigenvalue weighted by Gasteiger charge is -2.11. The third-order valence-corrected chi connectivity index (χ3v) is 3.16. The molecule has 0 radical (unpaired) electrons. The van der Waals surface area contributed by atoms with Crippen LogP contribution in [0.1, 0.15) is 11.1 Å². The van der Waals surface area contributed by atoms with Crippen molar-refractivity contribution in [2.45, 2.75) is 12.8 Å². The molecule has 0 saturated carbocycles. The second-order valence-electron chi connectivity index (χ2n) is 4.48. The van der Waals surface area contributed by atoms with Crippen LogP contribution in [0.25, 0.3) is 0 Å². The lowest BCUT2D eigenvalue weighted by Crippen LogP contribution is -1.95. The molecule has 0 spiro atoms. The third-order valence-electron chi connectivity index (χ3n) is 3.16. The first-order chi connectivity index (χ1) is 9.63. The Balaban J connectivity index is 2.14. The van der Waals surface area contributed by atoms with Gasteiger partial charge in [-0.1, -0.05) is 12.1 Å². The van der Waals surface area contributed by atoms with Crippen LogP contribution in [0.4, 0.5) is 4.39 Å². The second kappa shape index (κ2) is 6.28. The summed E-state index contributed by atoms with van der Waals surface area (Å²) in [6.45, 7) is 0. The average Bonchev–Trinajstić information content (AvgIpc) is 2.47. The lowest BCUT2D eigenvalue weighted by atomic mass is 10.0. The molecule has 0 aliphatic rings. The topological polar surface area (TPSA) is 38.7 Å². The van der Waals surface area contributed by atoms with Gasteiger partial charge in [-0.3, -0.25) is 0 Å². The van der Waals surface area contributed by atoms with Gasteiger partial charge in [-0.05, 0) is 48.2 Å². The largest absolute Gasteiger partial charge is 0.502 e. The monoisotopic (exact) mass is 276 g/mol. The Hall–Kier alpha value is -2.23. The summed E-state index contributed by atoms with van der Waals surface area (Å²) in [4.78, 5) is 0. The summed E-state index contributed by atoms with van der Waals surface area (Å²) in [5.74, 6) is 0.541. The third kappa shape index (κ3) is 3.20. The lowest BCUT2D eigenvalue weighted by molar-refractivity contribution is 0.339. The Morgan fingerprint density at radius 2 is 1.40 bits per heavy atom. The number of aryl methyl sites for hydroxylation is 2. The van der Waals surface area contributed by atoms with Gasteiger partial charge < -0.3 is 14.6 Å². The minimum absolute atomic E-state index is 0.000493. The summed E-state index contributed by atoms with van der Waals surface area (Å²) in [5.41, 5.74) is 2.04. The Morgan fingerprint density at radius 1 is 0.900 bits per heavy atom. The van der Waals surface area contributed by atoms with Gasteiger partial charge in [0.05, 0.1) is 14.2 Å². The van der Waals surface area contributed by atoms with Crippen molar-refractivity contribution >= 4 is 0 Å². The van der Waals surface area contributed by atoms with E-state index in [1.54, 1.807) is 24.3 Å². The van der Waals surface area contributed by atoms with Crippen molar-refractivity contribution < 1.29 is 19.0 Å². The summed E-state index contributed by atoms with van der Waals surface area (Å²) in [7, 11) is 3.00. The molecular weight excluding hydrogens is 259 g/mol. The van der Waals surface area contributed by atoms with E-state index in [-0.39, 0.29) is 11.6 Å². The van der Waals surface area contributed by atoms with Crippen molar-refractivity contribution in [3.63, 3.8) is 0 Å². The molecule has 4 heteroatoms. The van der Waals surface area contributed by atoms with Gasteiger partial charge in [0.25, 0.3) is 0 Å². The van der Waals surface area contributed by atoms with Crippen LogP contribution in [0.15, 0.2) is 36.4 Å². The van der Waals surface area contributed by atoms with E-state index in [4.69, 9.17) is 9.47 Å². The van der Waals surface area contributed by atoms with E-state index in [0.717, 1.165) is 24.0 Å². The molecule has 0 aliphatic heterocycles. The van der Waals surface area contributed by atoms with Crippen molar-refractivity contribution in [3.05, 3.63) is 53.3 Å². The van der Waals surface area contributed by atoms with Gasteiger partial charge in [0.2, 0.25) is 5.75 Å². The Bertz CT molecular complexity index is 554. The summed E-state index contributed by atoms with van der Waals surface area (Å²) >= 11 is 0. The molecule has 2 aromatic carbocycles. The highest BCUT2D eigenvalue weighted by molar-refractivity contribution is 5.52. The summed E-state index contributed by atoms with van der Waals surface area (Å²) in [6.07, 6.45) is 1.52. The second-order valence-corrected chi connectivity index (χ2v) is 4.48. The number of halogens is 1. The number of phenols is 1. The van der Waals surface area contributed by atoms with Crippen molar-refractivity contribution in [3.8, 4) is 17.2 Å². The standard InChI is InChI=1S/C16H17FO3/c1-19-14-9-12(10-15(20-2)16(14)18)4-3-11-5-7-13(17)8-6-11/h5-10,18H,3-4H2,1-2H3.